The Hall–Kier alpha value is -3.94. The summed E-state index contributed by atoms with van der Waals surface area (Å²) in [6, 6.07) is 12.6. The number of benzene rings is 1. The van der Waals surface area contributed by atoms with Crippen LogP contribution in [0.5, 0.6) is 0 Å². The maximum atomic E-state index is 13.2. The second-order valence-electron chi connectivity index (χ2n) is 5.85. The van der Waals surface area contributed by atoms with Crippen LogP contribution < -0.4 is 5.32 Å². The number of hydrogen-bond acceptors (Lipinski definition) is 6. The number of amides is 1. The molecular formula is C20H14FN5O2. The molecule has 28 heavy (non-hydrogen) atoms. The number of rotatable bonds is 4. The van der Waals surface area contributed by atoms with Gasteiger partial charge in [-0.25, -0.2) is 19.3 Å². The van der Waals surface area contributed by atoms with Crippen molar-refractivity contribution in [3.8, 4) is 22.8 Å². The highest BCUT2D eigenvalue weighted by molar-refractivity contribution is 6.05. The van der Waals surface area contributed by atoms with Gasteiger partial charge in [-0.15, -0.1) is 0 Å². The quantitative estimate of drug-likeness (QED) is 0.581. The van der Waals surface area contributed by atoms with Crippen molar-refractivity contribution < 1.29 is 13.6 Å². The van der Waals surface area contributed by atoms with E-state index < -0.39 is 5.91 Å². The van der Waals surface area contributed by atoms with Crippen molar-refractivity contribution >= 4 is 11.7 Å². The molecule has 0 fully saturated rings. The molecule has 3 aromatic heterocycles. The summed E-state index contributed by atoms with van der Waals surface area (Å²) in [6.07, 6.45) is 3.16. The first-order valence-corrected chi connectivity index (χ1v) is 8.39. The minimum absolute atomic E-state index is 0.0158. The molecule has 0 saturated heterocycles. The summed E-state index contributed by atoms with van der Waals surface area (Å²) < 4.78 is 18.7. The third kappa shape index (κ3) is 3.61. The van der Waals surface area contributed by atoms with Crippen LogP contribution >= 0.6 is 0 Å². The zero-order chi connectivity index (χ0) is 19.5. The van der Waals surface area contributed by atoms with Crippen LogP contribution in [0, 0.1) is 12.7 Å². The van der Waals surface area contributed by atoms with Crippen LogP contribution in [0.3, 0.4) is 0 Å². The average molecular weight is 375 g/mol. The van der Waals surface area contributed by atoms with Crippen molar-refractivity contribution in [2.75, 3.05) is 5.32 Å². The first kappa shape index (κ1) is 17.5. The molecule has 138 valence electrons. The van der Waals surface area contributed by atoms with Crippen LogP contribution in [0.15, 0.2) is 65.3 Å². The summed E-state index contributed by atoms with van der Waals surface area (Å²) in [7, 11) is 0. The van der Waals surface area contributed by atoms with Gasteiger partial charge in [-0.05, 0) is 42.5 Å². The highest BCUT2D eigenvalue weighted by Crippen LogP contribution is 2.25. The van der Waals surface area contributed by atoms with Gasteiger partial charge in [0.1, 0.15) is 23.0 Å². The van der Waals surface area contributed by atoms with Gasteiger partial charge in [0.15, 0.2) is 11.7 Å². The van der Waals surface area contributed by atoms with Crippen LogP contribution in [0.1, 0.15) is 16.4 Å². The molecule has 0 saturated carbocycles. The SMILES string of the molecule is Cc1nc(-c2ccc(F)cc2)c(C(=O)Nc2ccnc(-c3ccccn3)n2)o1. The molecule has 3 heterocycles. The van der Waals surface area contributed by atoms with Crippen molar-refractivity contribution in [1.29, 1.82) is 0 Å². The molecule has 0 unspecified atom stereocenters. The first-order valence-electron chi connectivity index (χ1n) is 8.39. The lowest BCUT2D eigenvalue weighted by molar-refractivity contribution is 0.0996. The van der Waals surface area contributed by atoms with Crippen molar-refractivity contribution in [3.05, 3.63) is 78.4 Å². The zero-order valence-corrected chi connectivity index (χ0v) is 14.8. The first-order chi connectivity index (χ1) is 13.6. The Morgan fingerprint density at radius 3 is 2.57 bits per heavy atom. The Morgan fingerprint density at radius 2 is 1.82 bits per heavy atom. The van der Waals surface area contributed by atoms with Crippen LogP contribution in [-0.4, -0.2) is 25.8 Å². The number of anilines is 1. The molecule has 0 aliphatic rings. The highest BCUT2D eigenvalue weighted by Gasteiger charge is 2.21. The van der Waals surface area contributed by atoms with Gasteiger partial charge in [0.25, 0.3) is 5.91 Å². The van der Waals surface area contributed by atoms with Gasteiger partial charge in [-0.2, -0.15) is 0 Å². The van der Waals surface area contributed by atoms with Gasteiger partial charge in [0.05, 0.1) is 0 Å². The van der Waals surface area contributed by atoms with E-state index in [1.807, 2.05) is 6.07 Å². The number of aromatic nitrogens is 4. The van der Waals surface area contributed by atoms with E-state index in [1.165, 1.54) is 30.5 Å². The summed E-state index contributed by atoms with van der Waals surface area (Å²) in [5.74, 6) is 0.109. The maximum Gasteiger partial charge on any atom is 0.294 e. The number of carbonyl (C=O) groups is 1. The van der Waals surface area contributed by atoms with Gasteiger partial charge in [0, 0.05) is 24.9 Å². The van der Waals surface area contributed by atoms with E-state index in [4.69, 9.17) is 4.42 Å². The zero-order valence-electron chi connectivity index (χ0n) is 14.8. The smallest absolute Gasteiger partial charge is 0.294 e. The fourth-order valence-electron chi connectivity index (χ4n) is 2.60. The molecule has 7 nitrogen and oxygen atoms in total. The lowest BCUT2D eigenvalue weighted by Gasteiger charge is -2.05. The number of nitrogens with zero attached hydrogens (tertiary/aromatic N) is 4. The van der Waals surface area contributed by atoms with Crippen LogP contribution in [0.2, 0.25) is 0 Å². The van der Waals surface area contributed by atoms with Crippen LogP contribution in [0.4, 0.5) is 10.2 Å². The molecule has 0 aliphatic heterocycles. The minimum atomic E-state index is -0.523. The summed E-state index contributed by atoms with van der Waals surface area (Å²) in [5.41, 5.74) is 1.48. The molecule has 0 atom stereocenters. The summed E-state index contributed by atoms with van der Waals surface area (Å²) in [6.45, 7) is 1.63. The fraction of sp³-hybridized carbons (Fsp3) is 0.0500. The van der Waals surface area contributed by atoms with E-state index in [9.17, 15) is 9.18 Å². The van der Waals surface area contributed by atoms with E-state index in [0.717, 1.165) is 0 Å². The van der Waals surface area contributed by atoms with E-state index in [1.54, 1.807) is 31.3 Å². The number of halogens is 1. The number of oxazole rings is 1. The average Bonchev–Trinajstić information content (AvgIpc) is 3.11. The van der Waals surface area contributed by atoms with Gasteiger partial charge < -0.3 is 9.73 Å². The molecule has 0 bridgehead atoms. The molecular weight excluding hydrogens is 361 g/mol. The molecule has 0 radical (unpaired) electrons. The molecule has 1 N–H and O–H groups in total. The molecule has 4 rings (SSSR count). The number of aryl methyl sites for hydroxylation is 1. The summed E-state index contributed by atoms with van der Waals surface area (Å²) in [5, 5.41) is 2.68. The van der Waals surface area contributed by atoms with E-state index in [2.05, 4.69) is 25.3 Å². The largest absolute Gasteiger partial charge is 0.435 e. The Labute approximate surface area is 159 Å². The van der Waals surface area contributed by atoms with Crippen LogP contribution in [-0.2, 0) is 0 Å². The minimum Gasteiger partial charge on any atom is -0.435 e. The lowest BCUT2D eigenvalue weighted by atomic mass is 10.1. The molecule has 8 heteroatoms. The molecule has 0 aliphatic carbocycles. The van der Waals surface area contributed by atoms with Crippen LogP contribution in [0.25, 0.3) is 22.8 Å². The van der Waals surface area contributed by atoms with E-state index >= 15 is 0 Å². The number of nitrogens with one attached hydrogen (secondary N) is 1. The Kier molecular flexibility index (Phi) is 4.59. The summed E-state index contributed by atoms with van der Waals surface area (Å²) in [4.78, 5) is 29.7. The Bertz CT molecular complexity index is 1130. The Balaban J connectivity index is 1.62. The Morgan fingerprint density at radius 1 is 1.00 bits per heavy atom. The number of hydrogen-bond donors (Lipinski definition) is 1. The molecule has 0 spiro atoms. The third-order valence-corrected chi connectivity index (χ3v) is 3.85. The number of carbonyl (C=O) groups excluding carboxylic acids is 1. The number of pyridine rings is 1. The fourth-order valence-corrected chi connectivity index (χ4v) is 2.60. The monoisotopic (exact) mass is 375 g/mol. The topological polar surface area (TPSA) is 93.8 Å². The molecule has 1 aromatic carbocycles. The second-order valence-corrected chi connectivity index (χ2v) is 5.85. The lowest BCUT2D eigenvalue weighted by Crippen LogP contribution is -2.13. The standard InChI is InChI=1S/C20H14FN5O2/c1-12-24-17(13-5-7-14(21)8-6-13)18(28-12)20(27)26-16-9-11-23-19(25-16)15-4-2-3-10-22-15/h2-11H,1H3,(H,23,25,26,27). The van der Waals surface area contributed by atoms with Crippen molar-refractivity contribution in [1.82, 2.24) is 19.9 Å². The van der Waals surface area contributed by atoms with Gasteiger partial charge in [0.2, 0.25) is 5.76 Å². The third-order valence-electron chi connectivity index (χ3n) is 3.85. The van der Waals surface area contributed by atoms with E-state index in [-0.39, 0.29) is 11.6 Å². The van der Waals surface area contributed by atoms with Gasteiger partial charge >= 0.3 is 0 Å². The molecule has 1 amide bonds. The maximum absolute atomic E-state index is 13.2. The predicted molar refractivity (Wildman–Crippen MR) is 99.9 cm³/mol. The predicted octanol–water partition coefficient (Wildman–Crippen LogP) is 3.89. The van der Waals surface area contributed by atoms with Crippen molar-refractivity contribution in [3.63, 3.8) is 0 Å². The van der Waals surface area contributed by atoms with Gasteiger partial charge in [-0.1, -0.05) is 6.07 Å². The normalized spacial score (nSPS) is 10.6. The summed E-state index contributed by atoms with van der Waals surface area (Å²) >= 11 is 0. The second kappa shape index (κ2) is 7.36. The molecule has 4 aromatic rings. The highest BCUT2D eigenvalue weighted by atomic mass is 19.1. The van der Waals surface area contributed by atoms with Crippen molar-refractivity contribution in [2.45, 2.75) is 6.92 Å². The van der Waals surface area contributed by atoms with E-state index in [0.29, 0.717) is 34.5 Å². The van der Waals surface area contributed by atoms with Gasteiger partial charge in [-0.3, -0.25) is 9.78 Å². The van der Waals surface area contributed by atoms with Crippen molar-refractivity contribution in [2.24, 2.45) is 0 Å².